The van der Waals surface area contributed by atoms with Crippen molar-refractivity contribution in [3.05, 3.63) is 29.3 Å². The van der Waals surface area contributed by atoms with Crippen LogP contribution >= 0.6 is 0 Å². The fourth-order valence-corrected chi connectivity index (χ4v) is 4.31. The molecule has 0 radical (unpaired) electrons. The molecule has 0 bridgehead atoms. The Kier molecular flexibility index (Phi) is 10.2. The molecule has 168 valence electrons. The molecule has 0 fully saturated rings. The molecule has 0 heterocycles. The van der Waals surface area contributed by atoms with Crippen LogP contribution in [0.2, 0.25) is 0 Å². The van der Waals surface area contributed by atoms with Crippen molar-refractivity contribution >= 4 is 10.0 Å². The van der Waals surface area contributed by atoms with E-state index in [1.54, 1.807) is 0 Å². The number of hydrogen-bond donors (Lipinski definition) is 1. The van der Waals surface area contributed by atoms with E-state index in [-0.39, 0.29) is 16.6 Å². The molecule has 29 heavy (non-hydrogen) atoms. The number of sulfonamides is 1. The second-order valence-corrected chi connectivity index (χ2v) is 11.2. The number of ether oxygens (including phenoxy) is 1. The minimum absolute atomic E-state index is 0.0457. The van der Waals surface area contributed by atoms with Crippen molar-refractivity contribution in [3.63, 3.8) is 0 Å². The van der Waals surface area contributed by atoms with Crippen LogP contribution in [0.15, 0.2) is 18.2 Å². The van der Waals surface area contributed by atoms with Crippen LogP contribution in [-0.2, 0) is 20.9 Å². The highest BCUT2D eigenvalue weighted by atomic mass is 32.2. The van der Waals surface area contributed by atoms with E-state index >= 15 is 0 Å². The van der Waals surface area contributed by atoms with E-state index in [0.29, 0.717) is 19.6 Å². The van der Waals surface area contributed by atoms with Crippen LogP contribution in [0.25, 0.3) is 0 Å². The molecule has 1 rings (SSSR count). The Bertz CT molecular complexity index is 724. The number of unbranched alkanes of at least 4 members (excludes halogenated alkanes) is 2. The standard InChI is InChI=1S/C24H43NO3S/c1-8-11-18-29(26,27)25-16-12-13-17-28-22-15-14-20(23(4,5)9-2)19-21(22)24(6,7)10-3/h14-15,19,25H,8-13,16-18H2,1-7H3. The summed E-state index contributed by atoms with van der Waals surface area (Å²) in [5.41, 5.74) is 2.81. The Balaban J connectivity index is 2.70. The lowest BCUT2D eigenvalue weighted by molar-refractivity contribution is 0.296. The highest BCUT2D eigenvalue weighted by Gasteiger charge is 2.26. The summed E-state index contributed by atoms with van der Waals surface area (Å²) >= 11 is 0. The summed E-state index contributed by atoms with van der Waals surface area (Å²) in [6.45, 7) is 16.6. The molecule has 0 saturated heterocycles. The maximum Gasteiger partial charge on any atom is 0.211 e. The number of benzene rings is 1. The van der Waals surface area contributed by atoms with Crippen molar-refractivity contribution in [2.75, 3.05) is 18.9 Å². The number of nitrogens with one attached hydrogen (secondary N) is 1. The second kappa shape index (κ2) is 11.4. The second-order valence-electron chi connectivity index (χ2n) is 9.31. The lowest BCUT2D eigenvalue weighted by Crippen LogP contribution is -2.27. The van der Waals surface area contributed by atoms with E-state index in [0.717, 1.165) is 37.9 Å². The van der Waals surface area contributed by atoms with Gasteiger partial charge >= 0.3 is 0 Å². The van der Waals surface area contributed by atoms with Crippen LogP contribution in [0.3, 0.4) is 0 Å². The van der Waals surface area contributed by atoms with E-state index in [1.165, 1.54) is 11.1 Å². The molecule has 0 unspecified atom stereocenters. The van der Waals surface area contributed by atoms with Gasteiger partial charge in [0.25, 0.3) is 0 Å². The van der Waals surface area contributed by atoms with Crippen LogP contribution in [-0.4, -0.2) is 27.3 Å². The molecule has 0 atom stereocenters. The largest absolute Gasteiger partial charge is 0.493 e. The molecule has 0 aliphatic carbocycles. The lowest BCUT2D eigenvalue weighted by atomic mass is 9.76. The molecule has 0 aromatic heterocycles. The van der Waals surface area contributed by atoms with Crippen LogP contribution in [0.1, 0.15) is 98.1 Å². The molecular formula is C24H43NO3S. The molecule has 0 saturated carbocycles. The van der Waals surface area contributed by atoms with Crippen LogP contribution in [0, 0.1) is 0 Å². The van der Waals surface area contributed by atoms with E-state index in [4.69, 9.17) is 4.74 Å². The molecule has 1 N–H and O–H groups in total. The summed E-state index contributed by atoms with van der Waals surface area (Å²) in [4.78, 5) is 0. The molecular weight excluding hydrogens is 382 g/mol. The first kappa shape index (κ1) is 26.0. The van der Waals surface area contributed by atoms with E-state index < -0.39 is 10.0 Å². The Morgan fingerprint density at radius 2 is 1.59 bits per heavy atom. The maximum absolute atomic E-state index is 11.8. The normalized spacial score (nSPS) is 12.9. The van der Waals surface area contributed by atoms with Gasteiger partial charge in [0.2, 0.25) is 10.0 Å². The van der Waals surface area contributed by atoms with Gasteiger partial charge in [-0.15, -0.1) is 0 Å². The average Bonchev–Trinajstić information content (AvgIpc) is 2.68. The molecule has 4 nitrogen and oxygen atoms in total. The van der Waals surface area contributed by atoms with E-state index in [2.05, 4.69) is 64.5 Å². The van der Waals surface area contributed by atoms with Crippen LogP contribution < -0.4 is 9.46 Å². The van der Waals surface area contributed by atoms with Gasteiger partial charge in [0.15, 0.2) is 0 Å². The Morgan fingerprint density at radius 3 is 2.17 bits per heavy atom. The molecule has 5 heteroatoms. The Labute approximate surface area is 179 Å². The van der Waals surface area contributed by atoms with Crippen molar-refractivity contribution in [1.29, 1.82) is 0 Å². The smallest absolute Gasteiger partial charge is 0.211 e. The fourth-order valence-electron chi connectivity index (χ4n) is 3.04. The average molecular weight is 426 g/mol. The predicted octanol–water partition coefficient (Wildman–Crippen LogP) is 5.94. The zero-order valence-corrected chi connectivity index (χ0v) is 20.5. The SMILES string of the molecule is CCCCS(=O)(=O)NCCCCOc1ccc(C(C)(C)CC)cc1C(C)(C)CC. The minimum Gasteiger partial charge on any atom is -0.493 e. The summed E-state index contributed by atoms with van der Waals surface area (Å²) in [6.07, 6.45) is 5.33. The van der Waals surface area contributed by atoms with Gasteiger partial charge in [0.1, 0.15) is 5.75 Å². The topological polar surface area (TPSA) is 55.4 Å². The summed E-state index contributed by atoms with van der Waals surface area (Å²) in [5, 5.41) is 0. The first-order chi connectivity index (χ1) is 13.5. The summed E-state index contributed by atoms with van der Waals surface area (Å²) in [5.74, 6) is 1.17. The van der Waals surface area contributed by atoms with Crippen molar-refractivity contribution < 1.29 is 13.2 Å². The maximum atomic E-state index is 11.8. The van der Waals surface area contributed by atoms with Gasteiger partial charge in [-0.25, -0.2) is 13.1 Å². The van der Waals surface area contributed by atoms with Gasteiger partial charge in [-0.2, -0.15) is 0 Å². The van der Waals surface area contributed by atoms with Crippen molar-refractivity contribution in [2.45, 2.75) is 97.8 Å². The van der Waals surface area contributed by atoms with Crippen molar-refractivity contribution in [3.8, 4) is 5.75 Å². The molecule has 1 aromatic rings. The molecule has 1 aromatic carbocycles. The highest BCUT2D eigenvalue weighted by molar-refractivity contribution is 7.89. The molecule has 0 spiro atoms. The zero-order chi connectivity index (χ0) is 22.1. The van der Waals surface area contributed by atoms with E-state index in [1.807, 2.05) is 6.92 Å². The number of rotatable bonds is 14. The first-order valence-corrected chi connectivity index (χ1v) is 12.9. The summed E-state index contributed by atoms with van der Waals surface area (Å²) in [7, 11) is -3.12. The molecule has 0 amide bonds. The fraction of sp³-hybridized carbons (Fsp3) is 0.750. The zero-order valence-electron chi connectivity index (χ0n) is 19.7. The molecule has 0 aliphatic rings. The number of hydrogen-bond acceptors (Lipinski definition) is 3. The van der Waals surface area contributed by atoms with Gasteiger partial charge in [-0.05, 0) is 54.6 Å². The van der Waals surface area contributed by atoms with Crippen molar-refractivity contribution in [1.82, 2.24) is 4.72 Å². The van der Waals surface area contributed by atoms with Crippen LogP contribution in [0.5, 0.6) is 5.75 Å². The minimum atomic E-state index is -3.12. The monoisotopic (exact) mass is 425 g/mol. The van der Waals surface area contributed by atoms with Crippen LogP contribution in [0.4, 0.5) is 0 Å². The third-order valence-electron chi connectivity index (χ3n) is 6.18. The highest BCUT2D eigenvalue weighted by Crippen LogP contribution is 2.38. The third-order valence-corrected chi connectivity index (χ3v) is 7.65. The Morgan fingerprint density at radius 1 is 0.931 bits per heavy atom. The van der Waals surface area contributed by atoms with Gasteiger partial charge in [0.05, 0.1) is 12.4 Å². The third kappa shape index (κ3) is 8.29. The van der Waals surface area contributed by atoms with Crippen molar-refractivity contribution in [2.24, 2.45) is 0 Å². The first-order valence-electron chi connectivity index (χ1n) is 11.2. The van der Waals surface area contributed by atoms with Gasteiger partial charge in [-0.1, -0.05) is 67.0 Å². The van der Waals surface area contributed by atoms with Gasteiger partial charge in [0, 0.05) is 12.1 Å². The quantitative estimate of drug-likeness (QED) is 0.375. The van der Waals surface area contributed by atoms with Gasteiger partial charge in [-0.3, -0.25) is 0 Å². The predicted molar refractivity (Wildman–Crippen MR) is 125 cm³/mol. The Hall–Kier alpha value is -1.07. The molecule has 0 aliphatic heterocycles. The lowest BCUT2D eigenvalue weighted by Gasteiger charge is -2.30. The van der Waals surface area contributed by atoms with Gasteiger partial charge < -0.3 is 4.74 Å². The van der Waals surface area contributed by atoms with E-state index in [9.17, 15) is 8.42 Å². The summed E-state index contributed by atoms with van der Waals surface area (Å²) in [6, 6.07) is 6.63. The summed E-state index contributed by atoms with van der Waals surface area (Å²) < 4.78 is 32.5.